The monoisotopic (exact) mass is 291 g/mol. The van der Waals surface area contributed by atoms with Gasteiger partial charge in [0.2, 0.25) is 5.13 Å². The van der Waals surface area contributed by atoms with Crippen molar-refractivity contribution < 1.29 is 13.9 Å². The number of hydrogen-bond acceptors (Lipinski definition) is 8. The van der Waals surface area contributed by atoms with Gasteiger partial charge in [-0.05, 0) is 12.1 Å². The fraction of sp³-hybridized carbons (Fsp3) is 0.182. The third kappa shape index (κ3) is 2.12. The van der Waals surface area contributed by atoms with Crippen LogP contribution in [0.4, 0.5) is 0 Å². The van der Waals surface area contributed by atoms with E-state index in [1.807, 2.05) is 0 Å². The Kier molecular flexibility index (Phi) is 3.35. The van der Waals surface area contributed by atoms with Gasteiger partial charge in [-0.1, -0.05) is 16.6 Å². The van der Waals surface area contributed by atoms with Crippen LogP contribution in [0.1, 0.15) is 15.5 Å². The molecule has 0 spiro atoms. The Hall–Kier alpha value is -2.39. The second kappa shape index (κ2) is 5.31. The van der Waals surface area contributed by atoms with Crippen LogP contribution < -0.4 is 0 Å². The Labute approximate surface area is 117 Å². The van der Waals surface area contributed by atoms with E-state index >= 15 is 0 Å². The minimum atomic E-state index is 0.184. The van der Waals surface area contributed by atoms with Crippen LogP contribution in [0.25, 0.3) is 16.6 Å². The van der Waals surface area contributed by atoms with E-state index < -0.39 is 0 Å². The molecule has 9 heteroatoms. The number of carbonyl (C=O) groups excluding carboxylic acids is 1. The minimum absolute atomic E-state index is 0.184. The van der Waals surface area contributed by atoms with E-state index in [9.17, 15) is 4.79 Å². The molecule has 0 aliphatic rings. The predicted octanol–water partition coefficient (Wildman–Crippen LogP) is 1.34. The maximum absolute atomic E-state index is 11.1. The average Bonchev–Trinajstić information content (AvgIpc) is 3.18. The van der Waals surface area contributed by atoms with Crippen LogP contribution in [0.15, 0.2) is 22.8 Å². The number of hydrogen-bond donors (Lipinski definition) is 0. The van der Waals surface area contributed by atoms with E-state index in [-0.39, 0.29) is 5.69 Å². The van der Waals surface area contributed by atoms with Crippen molar-refractivity contribution in [1.82, 2.24) is 25.2 Å². The Morgan fingerprint density at radius 2 is 2.35 bits per heavy atom. The quantitative estimate of drug-likeness (QED) is 0.654. The van der Waals surface area contributed by atoms with Gasteiger partial charge in [0.15, 0.2) is 17.7 Å². The molecule has 8 nitrogen and oxygen atoms in total. The summed E-state index contributed by atoms with van der Waals surface area (Å²) < 4.78 is 11.7. The maximum Gasteiger partial charge on any atom is 0.235 e. The number of aromatic nitrogens is 5. The van der Waals surface area contributed by atoms with Crippen molar-refractivity contribution in [3.63, 3.8) is 0 Å². The molecule has 0 bridgehead atoms. The molecule has 0 aliphatic heterocycles. The van der Waals surface area contributed by atoms with Crippen molar-refractivity contribution in [1.29, 1.82) is 0 Å². The van der Waals surface area contributed by atoms with Gasteiger partial charge >= 0.3 is 0 Å². The fourth-order valence-corrected chi connectivity index (χ4v) is 2.43. The van der Waals surface area contributed by atoms with E-state index in [0.29, 0.717) is 34.5 Å². The number of carbonyl (C=O) groups is 1. The van der Waals surface area contributed by atoms with Crippen LogP contribution in [0, 0.1) is 0 Å². The Morgan fingerprint density at radius 1 is 1.45 bits per heavy atom. The molecule has 0 unspecified atom stereocenters. The first kappa shape index (κ1) is 12.6. The summed E-state index contributed by atoms with van der Waals surface area (Å²) in [7, 11) is 1.58. The summed E-state index contributed by atoms with van der Waals surface area (Å²) in [6.07, 6.45) is 2.14. The highest BCUT2D eigenvalue weighted by Gasteiger charge is 2.20. The molecular weight excluding hydrogens is 282 g/mol. The SMILES string of the molecule is COCc1nnc(-n2nnc(C=O)c2-c2ccco2)s1. The highest BCUT2D eigenvalue weighted by Crippen LogP contribution is 2.26. The van der Waals surface area contributed by atoms with Gasteiger partial charge in [-0.25, -0.2) is 0 Å². The van der Waals surface area contributed by atoms with Gasteiger partial charge in [-0.2, -0.15) is 4.68 Å². The van der Waals surface area contributed by atoms with Gasteiger partial charge in [-0.15, -0.1) is 15.3 Å². The molecule has 0 aliphatic carbocycles. The summed E-state index contributed by atoms with van der Waals surface area (Å²) in [5.74, 6) is 0.487. The first-order valence-corrected chi connectivity index (χ1v) is 6.41. The number of nitrogens with zero attached hydrogens (tertiary/aromatic N) is 5. The van der Waals surface area contributed by atoms with Crippen LogP contribution in [0.2, 0.25) is 0 Å². The lowest BCUT2D eigenvalue weighted by Crippen LogP contribution is -1.99. The van der Waals surface area contributed by atoms with E-state index in [2.05, 4.69) is 20.5 Å². The predicted molar refractivity (Wildman–Crippen MR) is 68.6 cm³/mol. The molecule has 0 fully saturated rings. The molecule has 3 rings (SSSR count). The van der Waals surface area contributed by atoms with Crippen molar-refractivity contribution in [2.75, 3.05) is 7.11 Å². The van der Waals surface area contributed by atoms with E-state index in [0.717, 1.165) is 0 Å². The lowest BCUT2D eigenvalue weighted by Gasteiger charge is -1.98. The van der Waals surface area contributed by atoms with Crippen LogP contribution in [-0.2, 0) is 11.3 Å². The fourth-order valence-electron chi connectivity index (χ4n) is 1.66. The summed E-state index contributed by atoms with van der Waals surface area (Å²) >= 11 is 1.30. The van der Waals surface area contributed by atoms with Crippen molar-refractivity contribution in [3.05, 3.63) is 29.1 Å². The zero-order valence-corrected chi connectivity index (χ0v) is 11.2. The zero-order valence-electron chi connectivity index (χ0n) is 10.4. The van der Waals surface area contributed by atoms with Gasteiger partial charge in [0, 0.05) is 7.11 Å². The number of methoxy groups -OCH3 is 1. The molecule has 3 heterocycles. The summed E-state index contributed by atoms with van der Waals surface area (Å²) in [6, 6.07) is 3.44. The van der Waals surface area contributed by atoms with E-state index in [4.69, 9.17) is 9.15 Å². The van der Waals surface area contributed by atoms with Crippen molar-refractivity contribution in [2.45, 2.75) is 6.61 Å². The summed E-state index contributed by atoms with van der Waals surface area (Å²) in [6.45, 7) is 0.364. The van der Waals surface area contributed by atoms with Crippen molar-refractivity contribution in [3.8, 4) is 16.6 Å². The van der Waals surface area contributed by atoms with Crippen LogP contribution in [0.5, 0.6) is 0 Å². The third-order valence-electron chi connectivity index (χ3n) is 2.47. The average molecular weight is 291 g/mol. The highest BCUT2D eigenvalue weighted by molar-refractivity contribution is 7.13. The lowest BCUT2D eigenvalue weighted by atomic mass is 10.3. The van der Waals surface area contributed by atoms with Gasteiger partial charge in [0.1, 0.15) is 17.3 Å². The number of ether oxygens (including phenoxy) is 1. The second-order valence-electron chi connectivity index (χ2n) is 3.74. The molecular formula is C11H9N5O3S. The second-order valence-corrected chi connectivity index (χ2v) is 4.78. The molecule has 0 radical (unpaired) electrons. The Morgan fingerprint density at radius 3 is 3.05 bits per heavy atom. The van der Waals surface area contributed by atoms with Crippen LogP contribution in [-0.4, -0.2) is 38.6 Å². The van der Waals surface area contributed by atoms with Gasteiger partial charge < -0.3 is 9.15 Å². The minimum Gasteiger partial charge on any atom is -0.463 e. The largest absolute Gasteiger partial charge is 0.463 e. The summed E-state index contributed by atoms with van der Waals surface area (Å²) in [5, 5.41) is 16.9. The maximum atomic E-state index is 11.1. The van der Waals surface area contributed by atoms with E-state index in [1.54, 1.807) is 19.2 Å². The molecule has 3 aromatic heterocycles. The highest BCUT2D eigenvalue weighted by atomic mass is 32.1. The third-order valence-corrected chi connectivity index (χ3v) is 3.34. The zero-order chi connectivity index (χ0) is 13.9. The first-order chi connectivity index (χ1) is 9.83. The lowest BCUT2D eigenvalue weighted by molar-refractivity contribution is 0.111. The summed E-state index contributed by atoms with van der Waals surface area (Å²) in [5.41, 5.74) is 0.633. The molecule has 0 atom stereocenters. The van der Waals surface area contributed by atoms with E-state index in [1.165, 1.54) is 22.3 Å². The normalized spacial score (nSPS) is 10.8. The Balaban J connectivity index is 2.09. The molecule has 0 amide bonds. The number of furan rings is 1. The first-order valence-electron chi connectivity index (χ1n) is 5.60. The van der Waals surface area contributed by atoms with Gasteiger partial charge in [0.25, 0.3) is 0 Å². The number of aldehydes is 1. The van der Waals surface area contributed by atoms with Gasteiger partial charge in [0.05, 0.1) is 6.26 Å². The Bertz CT molecular complexity index is 718. The smallest absolute Gasteiger partial charge is 0.235 e. The van der Waals surface area contributed by atoms with Gasteiger partial charge in [-0.3, -0.25) is 4.79 Å². The van der Waals surface area contributed by atoms with Crippen molar-refractivity contribution >= 4 is 17.6 Å². The standard InChI is InChI=1S/C11H9N5O3S/c1-18-6-9-13-14-11(20-9)16-10(7(5-17)12-15-16)8-3-2-4-19-8/h2-5H,6H2,1H3. The van der Waals surface area contributed by atoms with Crippen molar-refractivity contribution in [2.24, 2.45) is 0 Å². The molecule has 0 saturated heterocycles. The summed E-state index contributed by atoms with van der Waals surface area (Å²) in [4.78, 5) is 11.1. The number of rotatable bonds is 5. The topological polar surface area (TPSA) is 95.9 Å². The molecule has 0 N–H and O–H groups in total. The molecule has 3 aromatic rings. The van der Waals surface area contributed by atoms with Crippen LogP contribution in [0.3, 0.4) is 0 Å². The molecule has 20 heavy (non-hydrogen) atoms. The van der Waals surface area contributed by atoms with Crippen LogP contribution >= 0.6 is 11.3 Å². The molecule has 0 aromatic carbocycles. The molecule has 0 saturated carbocycles. The molecule has 102 valence electrons.